The van der Waals surface area contributed by atoms with E-state index in [9.17, 15) is 0 Å². The molecule has 0 radical (unpaired) electrons. The number of hydrogen-bond acceptors (Lipinski definition) is 2. The molecule has 0 aromatic heterocycles. The van der Waals surface area contributed by atoms with E-state index in [4.69, 9.17) is 11.6 Å². The molecule has 3 heteroatoms. The minimum atomic E-state index is 0.594. The SMILES string of the molecule is Cc1c(Cl)cccc1N1CC2CCCCN2CC1C(C)C. The molecule has 2 aliphatic heterocycles. The van der Waals surface area contributed by atoms with Crippen molar-refractivity contribution in [2.24, 2.45) is 5.92 Å². The topological polar surface area (TPSA) is 6.48 Å². The molecule has 2 nitrogen and oxygen atoms in total. The Morgan fingerprint density at radius 3 is 2.76 bits per heavy atom. The summed E-state index contributed by atoms with van der Waals surface area (Å²) in [5.74, 6) is 0.659. The zero-order valence-electron chi connectivity index (χ0n) is 13.5. The van der Waals surface area contributed by atoms with Crippen LogP contribution in [0.15, 0.2) is 18.2 Å². The highest BCUT2D eigenvalue weighted by Gasteiger charge is 2.36. The molecule has 2 aliphatic rings. The van der Waals surface area contributed by atoms with Gasteiger partial charge in [0.15, 0.2) is 0 Å². The van der Waals surface area contributed by atoms with Crippen LogP contribution in [0.5, 0.6) is 0 Å². The summed E-state index contributed by atoms with van der Waals surface area (Å²) in [5, 5.41) is 0.890. The Labute approximate surface area is 134 Å². The monoisotopic (exact) mass is 306 g/mol. The Balaban J connectivity index is 1.92. The smallest absolute Gasteiger partial charge is 0.0455 e. The minimum absolute atomic E-state index is 0.594. The summed E-state index contributed by atoms with van der Waals surface area (Å²) in [4.78, 5) is 5.36. The molecule has 2 unspecified atom stereocenters. The molecule has 1 aromatic rings. The number of halogens is 1. The van der Waals surface area contributed by atoms with Crippen molar-refractivity contribution in [1.29, 1.82) is 0 Å². The predicted molar refractivity (Wildman–Crippen MR) is 91.4 cm³/mol. The highest BCUT2D eigenvalue weighted by Crippen LogP contribution is 2.34. The highest BCUT2D eigenvalue weighted by atomic mass is 35.5. The van der Waals surface area contributed by atoms with Crippen molar-refractivity contribution in [2.75, 3.05) is 24.5 Å². The van der Waals surface area contributed by atoms with Gasteiger partial charge in [-0.25, -0.2) is 0 Å². The van der Waals surface area contributed by atoms with Gasteiger partial charge in [0.05, 0.1) is 0 Å². The number of hydrogen-bond donors (Lipinski definition) is 0. The molecule has 2 heterocycles. The van der Waals surface area contributed by atoms with Crippen LogP contribution in [0.4, 0.5) is 5.69 Å². The molecule has 0 bridgehead atoms. The summed E-state index contributed by atoms with van der Waals surface area (Å²) in [6.07, 6.45) is 4.11. The molecule has 0 spiro atoms. The van der Waals surface area contributed by atoms with Crippen molar-refractivity contribution >= 4 is 17.3 Å². The fraction of sp³-hybridized carbons (Fsp3) is 0.667. The standard InChI is InChI=1S/C18H27ClN2/c1-13(2)18-12-20-10-5-4-7-15(20)11-21(18)17-9-6-8-16(19)14(17)3/h6,8-9,13,15,18H,4-5,7,10-12H2,1-3H3. The maximum absolute atomic E-state index is 6.36. The predicted octanol–water partition coefficient (Wildman–Crippen LogP) is 4.35. The fourth-order valence-corrected chi connectivity index (χ4v) is 4.13. The molecule has 21 heavy (non-hydrogen) atoms. The van der Waals surface area contributed by atoms with Crippen LogP contribution in [-0.4, -0.2) is 36.6 Å². The van der Waals surface area contributed by atoms with Gasteiger partial charge in [0, 0.05) is 35.9 Å². The van der Waals surface area contributed by atoms with Crippen LogP contribution in [-0.2, 0) is 0 Å². The lowest BCUT2D eigenvalue weighted by Crippen LogP contribution is -2.61. The van der Waals surface area contributed by atoms with Crippen LogP contribution in [0.3, 0.4) is 0 Å². The Kier molecular flexibility index (Phi) is 4.46. The molecule has 116 valence electrons. The molecule has 2 saturated heterocycles. The van der Waals surface area contributed by atoms with E-state index >= 15 is 0 Å². The first-order valence-corrected chi connectivity index (χ1v) is 8.71. The molecule has 0 amide bonds. The summed E-state index contributed by atoms with van der Waals surface area (Å²) in [6, 6.07) is 7.66. The maximum atomic E-state index is 6.36. The van der Waals surface area contributed by atoms with E-state index in [1.54, 1.807) is 0 Å². The zero-order valence-corrected chi connectivity index (χ0v) is 14.2. The van der Waals surface area contributed by atoms with Gasteiger partial charge in [-0.1, -0.05) is 37.9 Å². The Morgan fingerprint density at radius 1 is 1.19 bits per heavy atom. The number of piperidine rings is 1. The van der Waals surface area contributed by atoms with E-state index in [-0.39, 0.29) is 0 Å². The molecule has 0 N–H and O–H groups in total. The first-order valence-electron chi connectivity index (χ1n) is 8.33. The van der Waals surface area contributed by atoms with Gasteiger partial charge in [0.25, 0.3) is 0 Å². The number of piperazine rings is 1. The van der Waals surface area contributed by atoms with Gasteiger partial charge in [0.1, 0.15) is 0 Å². The lowest BCUT2D eigenvalue weighted by Gasteiger charge is -2.51. The van der Waals surface area contributed by atoms with E-state index in [2.05, 4.69) is 42.7 Å². The van der Waals surface area contributed by atoms with Crippen molar-refractivity contribution in [2.45, 2.75) is 52.1 Å². The van der Waals surface area contributed by atoms with Gasteiger partial charge < -0.3 is 4.90 Å². The third-order valence-corrected chi connectivity index (χ3v) is 5.71. The second kappa shape index (κ2) is 6.18. The number of anilines is 1. The molecule has 0 aliphatic carbocycles. The Hall–Kier alpha value is -0.730. The van der Waals surface area contributed by atoms with Gasteiger partial charge in [-0.2, -0.15) is 0 Å². The molecule has 2 fully saturated rings. The fourth-order valence-electron chi connectivity index (χ4n) is 3.96. The van der Waals surface area contributed by atoms with Crippen molar-refractivity contribution in [1.82, 2.24) is 4.90 Å². The maximum Gasteiger partial charge on any atom is 0.0455 e. The largest absolute Gasteiger partial charge is 0.365 e. The quantitative estimate of drug-likeness (QED) is 0.801. The number of nitrogens with zero attached hydrogens (tertiary/aromatic N) is 2. The molecular formula is C18H27ClN2. The van der Waals surface area contributed by atoms with Gasteiger partial charge in [-0.3, -0.25) is 4.90 Å². The average molecular weight is 307 g/mol. The first-order chi connectivity index (χ1) is 10.1. The molecule has 1 aromatic carbocycles. The normalized spacial score (nSPS) is 27.0. The van der Waals surface area contributed by atoms with E-state index in [0.29, 0.717) is 12.0 Å². The van der Waals surface area contributed by atoms with Crippen molar-refractivity contribution in [3.8, 4) is 0 Å². The second-order valence-corrected chi connectivity index (χ2v) is 7.40. The van der Waals surface area contributed by atoms with Crippen molar-refractivity contribution in [3.63, 3.8) is 0 Å². The second-order valence-electron chi connectivity index (χ2n) is 6.99. The molecule has 3 rings (SSSR count). The average Bonchev–Trinajstić information content (AvgIpc) is 2.48. The molecular weight excluding hydrogens is 280 g/mol. The lowest BCUT2D eigenvalue weighted by molar-refractivity contribution is 0.100. The van der Waals surface area contributed by atoms with Crippen LogP contribution in [0.2, 0.25) is 5.02 Å². The number of fused-ring (bicyclic) bond motifs is 1. The van der Waals surface area contributed by atoms with Crippen LogP contribution >= 0.6 is 11.6 Å². The van der Waals surface area contributed by atoms with E-state index in [0.717, 1.165) is 17.6 Å². The lowest BCUT2D eigenvalue weighted by atomic mass is 9.91. The highest BCUT2D eigenvalue weighted by molar-refractivity contribution is 6.31. The van der Waals surface area contributed by atoms with Crippen LogP contribution in [0, 0.1) is 12.8 Å². The van der Waals surface area contributed by atoms with E-state index in [1.807, 2.05) is 6.07 Å². The van der Waals surface area contributed by atoms with E-state index in [1.165, 1.54) is 43.6 Å². The van der Waals surface area contributed by atoms with Crippen LogP contribution in [0.25, 0.3) is 0 Å². The van der Waals surface area contributed by atoms with Crippen molar-refractivity contribution in [3.05, 3.63) is 28.8 Å². The summed E-state index contributed by atoms with van der Waals surface area (Å²) in [5.41, 5.74) is 2.57. The summed E-state index contributed by atoms with van der Waals surface area (Å²) in [7, 11) is 0. The summed E-state index contributed by atoms with van der Waals surface area (Å²) < 4.78 is 0. The van der Waals surface area contributed by atoms with Gasteiger partial charge in [-0.05, 0) is 49.9 Å². The minimum Gasteiger partial charge on any atom is -0.365 e. The summed E-state index contributed by atoms with van der Waals surface area (Å²) in [6.45, 7) is 10.5. The summed E-state index contributed by atoms with van der Waals surface area (Å²) >= 11 is 6.36. The number of benzene rings is 1. The molecule has 0 saturated carbocycles. The van der Waals surface area contributed by atoms with Gasteiger partial charge >= 0.3 is 0 Å². The Bertz CT molecular complexity index is 500. The van der Waals surface area contributed by atoms with Crippen LogP contribution < -0.4 is 4.90 Å². The third-order valence-electron chi connectivity index (χ3n) is 5.30. The third kappa shape index (κ3) is 2.93. The van der Waals surface area contributed by atoms with Gasteiger partial charge in [0.2, 0.25) is 0 Å². The zero-order chi connectivity index (χ0) is 15.0. The van der Waals surface area contributed by atoms with E-state index < -0.39 is 0 Å². The Morgan fingerprint density at radius 2 is 2.00 bits per heavy atom. The van der Waals surface area contributed by atoms with Gasteiger partial charge in [-0.15, -0.1) is 0 Å². The molecule has 2 atom stereocenters. The number of rotatable bonds is 2. The van der Waals surface area contributed by atoms with Crippen molar-refractivity contribution < 1.29 is 0 Å². The first kappa shape index (κ1) is 15.2. The van der Waals surface area contributed by atoms with Crippen LogP contribution in [0.1, 0.15) is 38.7 Å².